The van der Waals surface area contributed by atoms with Crippen molar-refractivity contribution in [2.24, 2.45) is 0 Å². The Bertz CT molecular complexity index is 873. The molecule has 0 aromatic carbocycles. The largest absolute Gasteiger partial charge is 0.462 e. The summed E-state index contributed by atoms with van der Waals surface area (Å²) in [6.45, 7) is 7.63. The standard InChI is InChI=1S/C47H84O5/c1-4-7-10-13-16-19-21-23-24-26-27-29-31-34-37-40-46(48)51-44-45(43-50-42-39-36-33-18-15-12-9-6-3)52-47(49)41-38-35-32-30-28-25-22-20-17-14-11-8-5-2/h8,11,17,20,25,28,32,35,45H,4-7,9-10,12-16,18-19,21-24,26-27,29-31,33-34,36-44H2,1-3H3/b11-8-,20-17-,28-25-,35-32-. The van der Waals surface area contributed by atoms with Crippen LogP contribution < -0.4 is 0 Å². The summed E-state index contributed by atoms with van der Waals surface area (Å²) in [6.07, 6.45) is 51.2. The van der Waals surface area contributed by atoms with Crippen LogP contribution in [0.5, 0.6) is 0 Å². The average molecular weight is 729 g/mol. The molecule has 0 bridgehead atoms. The Morgan fingerprint density at radius 2 is 0.865 bits per heavy atom. The number of carbonyl (C=O) groups excluding carboxylic acids is 2. The molecule has 0 aromatic rings. The van der Waals surface area contributed by atoms with Gasteiger partial charge >= 0.3 is 11.9 Å². The zero-order chi connectivity index (χ0) is 37.8. The molecule has 1 atom stereocenters. The van der Waals surface area contributed by atoms with Gasteiger partial charge in [0, 0.05) is 19.4 Å². The molecule has 5 nitrogen and oxygen atoms in total. The Labute approximate surface area is 322 Å². The van der Waals surface area contributed by atoms with Crippen LogP contribution in [0, 0.1) is 0 Å². The monoisotopic (exact) mass is 729 g/mol. The Hall–Kier alpha value is -2.14. The summed E-state index contributed by atoms with van der Waals surface area (Å²) in [6, 6.07) is 0. The number of carbonyl (C=O) groups is 2. The molecule has 0 radical (unpaired) electrons. The van der Waals surface area contributed by atoms with Gasteiger partial charge in [0.05, 0.1) is 6.61 Å². The minimum absolute atomic E-state index is 0.0602. The van der Waals surface area contributed by atoms with Gasteiger partial charge < -0.3 is 14.2 Å². The number of allylic oxidation sites excluding steroid dienone is 8. The van der Waals surface area contributed by atoms with Gasteiger partial charge in [0.1, 0.15) is 6.61 Å². The lowest BCUT2D eigenvalue weighted by Gasteiger charge is -2.18. The highest BCUT2D eigenvalue weighted by molar-refractivity contribution is 5.70. The molecule has 5 heteroatoms. The average Bonchev–Trinajstić information content (AvgIpc) is 3.14. The van der Waals surface area contributed by atoms with Gasteiger partial charge in [0.2, 0.25) is 0 Å². The fourth-order valence-corrected chi connectivity index (χ4v) is 6.11. The van der Waals surface area contributed by atoms with Crippen molar-refractivity contribution < 1.29 is 23.8 Å². The van der Waals surface area contributed by atoms with Crippen LogP contribution in [0.25, 0.3) is 0 Å². The maximum atomic E-state index is 12.6. The molecular formula is C47H84O5. The van der Waals surface area contributed by atoms with Gasteiger partial charge in [-0.25, -0.2) is 0 Å². The molecule has 0 rings (SSSR count). The lowest BCUT2D eigenvalue weighted by atomic mass is 10.0. The Morgan fingerprint density at radius 1 is 0.442 bits per heavy atom. The molecule has 0 aliphatic heterocycles. The molecule has 1 unspecified atom stereocenters. The highest BCUT2D eigenvalue weighted by Crippen LogP contribution is 2.14. The van der Waals surface area contributed by atoms with Crippen LogP contribution in [0.15, 0.2) is 48.6 Å². The molecule has 0 aliphatic rings. The third-order valence-electron chi connectivity index (χ3n) is 9.39. The molecule has 0 saturated carbocycles. The Kier molecular flexibility index (Phi) is 41.5. The molecule has 0 fully saturated rings. The number of ether oxygens (including phenoxy) is 3. The highest BCUT2D eigenvalue weighted by Gasteiger charge is 2.17. The summed E-state index contributed by atoms with van der Waals surface area (Å²) in [5, 5.41) is 0. The van der Waals surface area contributed by atoms with E-state index in [9.17, 15) is 9.59 Å². The van der Waals surface area contributed by atoms with E-state index in [1.807, 2.05) is 6.08 Å². The van der Waals surface area contributed by atoms with Crippen LogP contribution in [0.2, 0.25) is 0 Å². The van der Waals surface area contributed by atoms with Crippen molar-refractivity contribution in [3.05, 3.63) is 48.6 Å². The molecular weight excluding hydrogens is 645 g/mol. The summed E-state index contributed by atoms with van der Waals surface area (Å²) in [4.78, 5) is 25.1. The van der Waals surface area contributed by atoms with Crippen molar-refractivity contribution in [1.82, 2.24) is 0 Å². The minimum atomic E-state index is -0.566. The van der Waals surface area contributed by atoms with Crippen LogP contribution in [-0.4, -0.2) is 37.9 Å². The lowest BCUT2D eigenvalue weighted by molar-refractivity contribution is -0.162. The smallest absolute Gasteiger partial charge is 0.306 e. The normalized spacial score (nSPS) is 12.6. The van der Waals surface area contributed by atoms with Gasteiger partial charge in [-0.3, -0.25) is 9.59 Å². The van der Waals surface area contributed by atoms with E-state index < -0.39 is 6.10 Å². The van der Waals surface area contributed by atoms with Crippen LogP contribution in [0.4, 0.5) is 0 Å². The van der Waals surface area contributed by atoms with Crippen molar-refractivity contribution in [1.29, 1.82) is 0 Å². The molecule has 0 heterocycles. The lowest BCUT2D eigenvalue weighted by Crippen LogP contribution is -2.30. The fraction of sp³-hybridized carbons (Fsp3) is 0.787. The number of hydrogen-bond acceptors (Lipinski definition) is 5. The molecule has 52 heavy (non-hydrogen) atoms. The fourth-order valence-electron chi connectivity index (χ4n) is 6.11. The van der Waals surface area contributed by atoms with E-state index in [4.69, 9.17) is 14.2 Å². The molecule has 302 valence electrons. The number of hydrogen-bond donors (Lipinski definition) is 0. The van der Waals surface area contributed by atoms with E-state index in [2.05, 4.69) is 63.3 Å². The van der Waals surface area contributed by atoms with Crippen LogP contribution in [0.3, 0.4) is 0 Å². The molecule has 0 aliphatic carbocycles. The van der Waals surface area contributed by atoms with E-state index in [-0.39, 0.29) is 25.2 Å². The summed E-state index contributed by atoms with van der Waals surface area (Å²) in [5.41, 5.74) is 0. The van der Waals surface area contributed by atoms with Crippen molar-refractivity contribution in [3.63, 3.8) is 0 Å². The molecule has 0 amide bonds. The minimum Gasteiger partial charge on any atom is -0.462 e. The van der Waals surface area contributed by atoms with Crippen molar-refractivity contribution in [2.45, 2.75) is 219 Å². The predicted molar refractivity (Wildman–Crippen MR) is 224 cm³/mol. The second-order valence-corrected chi connectivity index (χ2v) is 14.6. The third-order valence-corrected chi connectivity index (χ3v) is 9.39. The zero-order valence-corrected chi connectivity index (χ0v) is 34.6. The number of rotatable bonds is 40. The van der Waals surface area contributed by atoms with Crippen LogP contribution in [0.1, 0.15) is 213 Å². The van der Waals surface area contributed by atoms with Crippen LogP contribution >= 0.6 is 0 Å². The van der Waals surface area contributed by atoms with E-state index >= 15 is 0 Å². The first-order chi connectivity index (χ1) is 25.6. The molecule has 0 N–H and O–H groups in total. The van der Waals surface area contributed by atoms with E-state index in [1.54, 1.807) is 0 Å². The number of unbranched alkanes of at least 4 members (excludes halogenated alkanes) is 21. The van der Waals surface area contributed by atoms with E-state index in [1.165, 1.54) is 122 Å². The first-order valence-electron chi connectivity index (χ1n) is 22.2. The van der Waals surface area contributed by atoms with Gasteiger partial charge in [-0.05, 0) is 44.9 Å². The summed E-state index contributed by atoms with van der Waals surface area (Å²) in [7, 11) is 0. The number of esters is 2. The summed E-state index contributed by atoms with van der Waals surface area (Å²) < 4.78 is 17.2. The second-order valence-electron chi connectivity index (χ2n) is 14.6. The first-order valence-corrected chi connectivity index (χ1v) is 22.2. The van der Waals surface area contributed by atoms with Crippen molar-refractivity contribution in [3.8, 4) is 0 Å². The highest BCUT2D eigenvalue weighted by atomic mass is 16.6. The SMILES string of the molecule is CC/C=C\C/C=C\C/C=C\C/C=C\CCC(=O)OC(COCCCCCCCCCC)COC(=O)CCCCCCCCCCCCCCCCC. The summed E-state index contributed by atoms with van der Waals surface area (Å²) >= 11 is 0. The van der Waals surface area contributed by atoms with Gasteiger partial charge in [-0.1, -0.05) is 204 Å². The Balaban J connectivity index is 4.26. The maximum Gasteiger partial charge on any atom is 0.306 e. The Morgan fingerprint density at radius 3 is 1.35 bits per heavy atom. The van der Waals surface area contributed by atoms with Crippen LogP contribution in [-0.2, 0) is 23.8 Å². The molecule has 0 spiro atoms. The third kappa shape index (κ3) is 40.6. The second kappa shape index (κ2) is 43.3. The molecule has 0 aromatic heterocycles. The van der Waals surface area contributed by atoms with Crippen molar-refractivity contribution in [2.75, 3.05) is 19.8 Å². The predicted octanol–water partition coefficient (Wildman–Crippen LogP) is 14.4. The van der Waals surface area contributed by atoms with E-state index in [0.29, 0.717) is 25.9 Å². The quantitative estimate of drug-likeness (QED) is 0.0357. The maximum absolute atomic E-state index is 12.6. The van der Waals surface area contributed by atoms with Crippen molar-refractivity contribution >= 4 is 11.9 Å². The summed E-state index contributed by atoms with van der Waals surface area (Å²) in [5.74, 6) is -0.486. The molecule has 0 saturated heterocycles. The van der Waals surface area contributed by atoms with E-state index in [0.717, 1.165) is 51.4 Å². The van der Waals surface area contributed by atoms with Gasteiger partial charge in [-0.2, -0.15) is 0 Å². The van der Waals surface area contributed by atoms with Gasteiger partial charge in [-0.15, -0.1) is 0 Å². The topological polar surface area (TPSA) is 61.8 Å². The zero-order valence-electron chi connectivity index (χ0n) is 34.6. The first kappa shape index (κ1) is 49.9. The van der Waals surface area contributed by atoms with Gasteiger partial charge in [0.15, 0.2) is 6.10 Å². The van der Waals surface area contributed by atoms with Gasteiger partial charge in [0.25, 0.3) is 0 Å².